The largest absolute Gasteiger partial charge is 0.458 e. The van der Waals surface area contributed by atoms with Crippen LogP contribution in [-0.4, -0.2) is 53.4 Å². The van der Waals surface area contributed by atoms with Crippen molar-refractivity contribution in [1.82, 2.24) is 0 Å². The predicted molar refractivity (Wildman–Crippen MR) is 88.7 cm³/mol. The fourth-order valence-corrected chi connectivity index (χ4v) is 4.13. The van der Waals surface area contributed by atoms with Crippen LogP contribution in [0.5, 0.6) is 0 Å². The van der Waals surface area contributed by atoms with Gasteiger partial charge >= 0.3 is 11.9 Å². The van der Waals surface area contributed by atoms with Crippen molar-refractivity contribution in [2.24, 2.45) is 5.92 Å². The highest BCUT2D eigenvalue weighted by molar-refractivity contribution is 5.91. The highest BCUT2D eigenvalue weighted by atomic mass is 16.7. The van der Waals surface area contributed by atoms with Crippen LogP contribution in [0.1, 0.15) is 26.7 Å². The summed E-state index contributed by atoms with van der Waals surface area (Å²) in [6.45, 7) is 10.9. The average molecular weight is 362 g/mol. The number of aliphatic hydroxyl groups is 1. The molecule has 1 N–H and O–H groups in total. The van der Waals surface area contributed by atoms with E-state index < -0.39 is 42.0 Å². The summed E-state index contributed by atoms with van der Waals surface area (Å²) in [7, 11) is 0. The molecule has 7 atom stereocenters. The third kappa shape index (κ3) is 2.71. The first-order valence-corrected chi connectivity index (χ1v) is 8.68. The smallest absolute Gasteiger partial charge is 0.334 e. The summed E-state index contributed by atoms with van der Waals surface area (Å²) in [5.41, 5.74) is 0.573. The standard InChI is InChI=1S/C19H22O7/c1-8(2)16(20)24-12-6-10-5-11(23-18(10)22)7-19(4)15(26-19)14-13(12)9(3)17(21)25-14/h5,11-15,18,22H,1,3,6-7H2,2,4H3/t11-,12+,13-,14+,15+,18-,19-/m1/s1. The Hall–Kier alpha value is -1.96. The molecule has 1 aliphatic carbocycles. The van der Waals surface area contributed by atoms with E-state index in [0.717, 1.165) is 0 Å². The van der Waals surface area contributed by atoms with Crippen LogP contribution < -0.4 is 0 Å². The Bertz CT molecular complexity index is 738. The molecule has 7 nitrogen and oxygen atoms in total. The molecule has 0 unspecified atom stereocenters. The molecule has 2 bridgehead atoms. The maximum absolute atomic E-state index is 12.2. The van der Waals surface area contributed by atoms with Crippen molar-refractivity contribution in [1.29, 1.82) is 0 Å². The summed E-state index contributed by atoms with van der Waals surface area (Å²) in [6.07, 6.45) is -0.427. The van der Waals surface area contributed by atoms with Crippen LogP contribution in [0.15, 0.2) is 36.0 Å². The van der Waals surface area contributed by atoms with Gasteiger partial charge in [-0.1, -0.05) is 19.2 Å². The van der Waals surface area contributed by atoms with Gasteiger partial charge in [0, 0.05) is 24.0 Å². The van der Waals surface area contributed by atoms with Crippen molar-refractivity contribution in [2.45, 2.75) is 63.0 Å². The second-order valence-electron chi connectivity index (χ2n) is 7.67. The Morgan fingerprint density at radius 1 is 1.46 bits per heavy atom. The lowest BCUT2D eigenvalue weighted by atomic mass is 9.82. The van der Waals surface area contributed by atoms with Crippen molar-refractivity contribution < 1.29 is 33.6 Å². The first-order chi connectivity index (χ1) is 12.2. The van der Waals surface area contributed by atoms with E-state index in [9.17, 15) is 14.7 Å². The number of ether oxygens (including phenoxy) is 4. The van der Waals surface area contributed by atoms with Crippen molar-refractivity contribution in [2.75, 3.05) is 0 Å². The van der Waals surface area contributed by atoms with Crippen LogP contribution >= 0.6 is 0 Å². The number of carbonyl (C=O) groups excluding carboxylic acids is 2. The molecule has 0 aromatic carbocycles. The molecule has 0 aromatic rings. The molecule has 3 heterocycles. The fourth-order valence-electron chi connectivity index (χ4n) is 4.13. The van der Waals surface area contributed by atoms with E-state index in [2.05, 4.69) is 13.2 Å². The van der Waals surface area contributed by atoms with E-state index in [-0.39, 0.29) is 29.8 Å². The van der Waals surface area contributed by atoms with Gasteiger partial charge in [0.05, 0.1) is 17.6 Å². The molecule has 0 saturated carbocycles. The molecule has 2 saturated heterocycles. The van der Waals surface area contributed by atoms with Crippen molar-refractivity contribution in [3.63, 3.8) is 0 Å². The fraction of sp³-hybridized carbons (Fsp3) is 0.579. The Kier molecular flexibility index (Phi) is 3.87. The van der Waals surface area contributed by atoms with Crippen LogP contribution in [-0.2, 0) is 28.5 Å². The van der Waals surface area contributed by atoms with Gasteiger partial charge in [-0.15, -0.1) is 0 Å². The van der Waals surface area contributed by atoms with Crippen LogP contribution in [0.2, 0.25) is 0 Å². The molecule has 4 aliphatic rings. The average Bonchev–Trinajstić information content (AvgIpc) is 2.96. The Morgan fingerprint density at radius 2 is 2.19 bits per heavy atom. The number of epoxide rings is 1. The summed E-state index contributed by atoms with van der Waals surface area (Å²) >= 11 is 0. The Labute approximate surface area is 151 Å². The molecular formula is C19H22O7. The minimum atomic E-state index is -1.07. The van der Waals surface area contributed by atoms with Crippen LogP contribution in [0.3, 0.4) is 0 Å². The lowest BCUT2D eigenvalue weighted by Gasteiger charge is -2.28. The second-order valence-corrected chi connectivity index (χ2v) is 7.67. The maximum Gasteiger partial charge on any atom is 0.334 e. The van der Waals surface area contributed by atoms with Gasteiger partial charge in [0.1, 0.15) is 18.3 Å². The van der Waals surface area contributed by atoms with Crippen molar-refractivity contribution in [3.8, 4) is 0 Å². The third-order valence-corrected chi connectivity index (χ3v) is 5.57. The topological polar surface area (TPSA) is 94.6 Å². The number of esters is 2. The molecule has 0 amide bonds. The molecular weight excluding hydrogens is 340 g/mol. The number of fused-ring (bicyclic) bond motifs is 4. The van der Waals surface area contributed by atoms with Gasteiger partial charge in [-0.25, -0.2) is 9.59 Å². The maximum atomic E-state index is 12.2. The number of aliphatic hydroxyl groups excluding tert-OH is 1. The van der Waals surface area contributed by atoms with Gasteiger partial charge in [-0.05, 0) is 19.4 Å². The predicted octanol–water partition coefficient (Wildman–Crippen LogP) is 1.17. The molecule has 0 aromatic heterocycles. The highest BCUT2D eigenvalue weighted by Gasteiger charge is 2.64. The third-order valence-electron chi connectivity index (χ3n) is 5.57. The van der Waals surface area contributed by atoms with E-state index in [1.54, 1.807) is 6.92 Å². The SMILES string of the molecule is C=C(C)C(=O)O[C@H]1CC2=C[C@H](C[C@@]3(C)O[C@H]3[C@H]3OC(=O)C(=C)[C@@H]31)O[C@H]2O. The van der Waals surface area contributed by atoms with Gasteiger partial charge in [-0.2, -0.15) is 0 Å². The van der Waals surface area contributed by atoms with E-state index in [1.165, 1.54) is 0 Å². The molecule has 0 spiro atoms. The van der Waals surface area contributed by atoms with Crippen LogP contribution in [0, 0.1) is 5.92 Å². The van der Waals surface area contributed by atoms with Gasteiger partial charge < -0.3 is 24.1 Å². The van der Waals surface area contributed by atoms with Crippen molar-refractivity contribution >= 4 is 11.9 Å². The zero-order chi connectivity index (χ0) is 18.8. The lowest BCUT2D eigenvalue weighted by Crippen LogP contribution is -2.39. The van der Waals surface area contributed by atoms with Crippen LogP contribution in [0.25, 0.3) is 0 Å². The lowest BCUT2D eigenvalue weighted by molar-refractivity contribution is -0.149. The Morgan fingerprint density at radius 3 is 2.88 bits per heavy atom. The molecule has 0 radical (unpaired) electrons. The van der Waals surface area contributed by atoms with Gasteiger partial charge in [-0.3, -0.25) is 0 Å². The quantitative estimate of drug-likeness (QED) is 0.341. The summed E-state index contributed by atoms with van der Waals surface area (Å²) in [4.78, 5) is 24.3. The molecule has 26 heavy (non-hydrogen) atoms. The zero-order valence-corrected chi connectivity index (χ0v) is 14.8. The minimum Gasteiger partial charge on any atom is -0.458 e. The Balaban J connectivity index is 1.72. The van der Waals surface area contributed by atoms with Gasteiger partial charge in [0.15, 0.2) is 6.29 Å². The molecule has 4 rings (SSSR count). The highest BCUT2D eigenvalue weighted by Crippen LogP contribution is 2.51. The van der Waals surface area contributed by atoms with Crippen molar-refractivity contribution in [3.05, 3.63) is 36.0 Å². The summed E-state index contributed by atoms with van der Waals surface area (Å²) < 4.78 is 22.6. The number of hydrogen-bond donors (Lipinski definition) is 1. The van der Waals surface area contributed by atoms with Gasteiger partial charge in [0.2, 0.25) is 0 Å². The normalized spacial score (nSPS) is 43.7. The van der Waals surface area contributed by atoms with E-state index >= 15 is 0 Å². The second kappa shape index (κ2) is 5.77. The first kappa shape index (κ1) is 17.5. The van der Waals surface area contributed by atoms with E-state index in [0.29, 0.717) is 12.0 Å². The summed E-state index contributed by atoms with van der Waals surface area (Å²) in [5, 5.41) is 10.2. The summed E-state index contributed by atoms with van der Waals surface area (Å²) in [6, 6.07) is 0. The van der Waals surface area contributed by atoms with E-state index in [4.69, 9.17) is 18.9 Å². The molecule has 140 valence electrons. The first-order valence-electron chi connectivity index (χ1n) is 8.68. The van der Waals surface area contributed by atoms with E-state index in [1.807, 2.05) is 13.0 Å². The minimum absolute atomic E-state index is 0.219. The molecule has 3 aliphatic heterocycles. The zero-order valence-electron chi connectivity index (χ0n) is 14.8. The van der Waals surface area contributed by atoms with Crippen LogP contribution in [0.4, 0.5) is 0 Å². The molecule has 2 fully saturated rings. The van der Waals surface area contributed by atoms with Gasteiger partial charge in [0.25, 0.3) is 0 Å². The number of carbonyl (C=O) groups is 2. The number of hydrogen-bond acceptors (Lipinski definition) is 7. The summed E-state index contributed by atoms with van der Waals surface area (Å²) in [5.74, 6) is -1.63. The number of rotatable bonds is 2. The monoisotopic (exact) mass is 362 g/mol. The molecule has 7 heteroatoms.